The van der Waals surface area contributed by atoms with E-state index in [0.717, 1.165) is 0 Å². The van der Waals surface area contributed by atoms with E-state index in [1.807, 2.05) is 6.07 Å². The Morgan fingerprint density at radius 3 is 2.39 bits per heavy atom. The van der Waals surface area contributed by atoms with Crippen molar-refractivity contribution in [3.05, 3.63) is 99.8 Å². The summed E-state index contributed by atoms with van der Waals surface area (Å²) in [6.07, 6.45) is 1.86. The summed E-state index contributed by atoms with van der Waals surface area (Å²) in [5.74, 6) is -0.0822. The molecule has 4 rings (SSSR count). The van der Waals surface area contributed by atoms with Crippen molar-refractivity contribution in [1.29, 1.82) is 0 Å². The Balaban J connectivity index is 1.79. The van der Waals surface area contributed by atoms with Gasteiger partial charge in [0.2, 0.25) is 0 Å². The number of aliphatic hydroxyl groups is 1. The number of halogens is 3. The van der Waals surface area contributed by atoms with Crippen molar-refractivity contribution in [2.24, 2.45) is 0 Å². The Labute approximate surface area is 220 Å². The van der Waals surface area contributed by atoms with Crippen LogP contribution in [0.2, 0.25) is 10.0 Å². The molecule has 0 amide bonds. The number of benzene rings is 3. The molecule has 4 aromatic rings. The maximum Gasteiger partial charge on any atom is 0.178 e. The molecule has 0 aliphatic carbocycles. The standard InChI is InChI=1S/C27H25Cl2FN2O3S/c1-4-36(34,35)20-9-5-7-17(13-20)18-11-12-23(22(30)14-18)32-16-24(27(2,3)33)31-25(32)15-19-8-6-10-21(28)26(19)29/h5-14,16,33H,4,15H2,1-3H3. The van der Waals surface area contributed by atoms with Crippen LogP contribution >= 0.6 is 23.2 Å². The van der Waals surface area contributed by atoms with E-state index in [1.165, 1.54) is 12.1 Å². The van der Waals surface area contributed by atoms with Gasteiger partial charge in [0.25, 0.3) is 0 Å². The van der Waals surface area contributed by atoms with Gasteiger partial charge >= 0.3 is 0 Å². The SMILES string of the molecule is CCS(=O)(=O)c1cccc(-c2ccc(-n3cc(C(C)(C)O)nc3Cc3cccc(Cl)c3Cl)c(F)c2)c1. The highest BCUT2D eigenvalue weighted by atomic mass is 35.5. The molecule has 0 bridgehead atoms. The predicted molar refractivity (Wildman–Crippen MR) is 141 cm³/mol. The lowest BCUT2D eigenvalue weighted by atomic mass is 10.0. The number of hydrogen-bond acceptors (Lipinski definition) is 4. The van der Waals surface area contributed by atoms with Crippen molar-refractivity contribution in [1.82, 2.24) is 9.55 Å². The van der Waals surface area contributed by atoms with Crippen LogP contribution in [-0.2, 0) is 21.9 Å². The van der Waals surface area contributed by atoms with E-state index in [1.54, 1.807) is 74.0 Å². The average Bonchev–Trinajstić information content (AvgIpc) is 3.26. The number of sulfone groups is 1. The molecule has 3 aromatic carbocycles. The fraction of sp³-hybridized carbons (Fsp3) is 0.222. The molecule has 0 unspecified atom stereocenters. The van der Waals surface area contributed by atoms with Crippen LogP contribution in [0.25, 0.3) is 16.8 Å². The predicted octanol–water partition coefficient (Wildman–Crippen LogP) is 6.60. The first kappa shape index (κ1) is 26.4. The van der Waals surface area contributed by atoms with Crippen molar-refractivity contribution in [2.45, 2.75) is 37.7 Å². The Bertz CT molecular complexity index is 1540. The maximum absolute atomic E-state index is 15.5. The maximum atomic E-state index is 15.5. The molecule has 9 heteroatoms. The highest BCUT2D eigenvalue weighted by Crippen LogP contribution is 2.31. The van der Waals surface area contributed by atoms with Crippen molar-refractivity contribution in [2.75, 3.05) is 5.75 Å². The van der Waals surface area contributed by atoms with Gasteiger partial charge in [-0.25, -0.2) is 17.8 Å². The van der Waals surface area contributed by atoms with Crippen molar-refractivity contribution < 1.29 is 17.9 Å². The molecule has 1 aromatic heterocycles. The summed E-state index contributed by atoms with van der Waals surface area (Å²) >= 11 is 12.5. The van der Waals surface area contributed by atoms with E-state index >= 15 is 4.39 Å². The van der Waals surface area contributed by atoms with E-state index in [2.05, 4.69) is 4.98 Å². The molecular weight excluding hydrogens is 522 g/mol. The quantitative estimate of drug-likeness (QED) is 0.283. The summed E-state index contributed by atoms with van der Waals surface area (Å²) in [6.45, 7) is 4.79. The average molecular weight is 547 g/mol. The van der Waals surface area contributed by atoms with E-state index < -0.39 is 21.3 Å². The van der Waals surface area contributed by atoms with E-state index in [4.69, 9.17) is 23.2 Å². The minimum atomic E-state index is -3.39. The van der Waals surface area contributed by atoms with Crippen LogP contribution in [0.15, 0.2) is 71.8 Å². The van der Waals surface area contributed by atoms with E-state index in [0.29, 0.717) is 38.3 Å². The molecule has 188 valence electrons. The van der Waals surface area contributed by atoms with E-state index in [9.17, 15) is 13.5 Å². The second kappa shape index (κ2) is 9.98. The van der Waals surface area contributed by atoms with Gasteiger partial charge in [-0.3, -0.25) is 0 Å². The largest absolute Gasteiger partial charge is 0.384 e. The van der Waals surface area contributed by atoms with Gasteiger partial charge in [-0.15, -0.1) is 0 Å². The first-order valence-electron chi connectivity index (χ1n) is 11.3. The molecule has 0 fully saturated rings. The van der Waals surface area contributed by atoms with Gasteiger partial charge in [0.05, 0.1) is 32.1 Å². The number of hydrogen-bond donors (Lipinski definition) is 1. The van der Waals surface area contributed by atoms with Crippen LogP contribution in [0.3, 0.4) is 0 Å². The molecule has 0 saturated carbocycles. The van der Waals surface area contributed by atoms with Gasteiger partial charge in [-0.05, 0) is 60.9 Å². The summed E-state index contributed by atoms with van der Waals surface area (Å²) in [7, 11) is -3.39. The zero-order chi connectivity index (χ0) is 26.3. The molecule has 1 N–H and O–H groups in total. The van der Waals surface area contributed by atoms with E-state index in [-0.39, 0.29) is 22.8 Å². The minimum Gasteiger partial charge on any atom is -0.384 e. The van der Waals surface area contributed by atoms with Crippen LogP contribution in [0.1, 0.15) is 37.9 Å². The summed E-state index contributed by atoms with van der Waals surface area (Å²) in [5, 5.41) is 11.3. The molecule has 0 radical (unpaired) electrons. The third-order valence-electron chi connectivity index (χ3n) is 5.90. The lowest BCUT2D eigenvalue weighted by Gasteiger charge is -2.13. The zero-order valence-electron chi connectivity index (χ0n) is 20.0. The second-order valence-corrected chi connectivity index (χ2v) is 12.0. The van der Waals surface area contributed by atoms with Crippen molar-refractivity contribution in [3.8, 4) is 16.8 Å². The second-order valence-electron chi connectivity index (χ2n) is 8.96. The first-order valence-corrected chi connectivity index (χ1v) is 13.7. The van der Waals surface area contributed by atoms with Crippen LogP contribution in [-0.4, -0.2) is 28.8 Å². The van der Waals surface area contributed by atoms with Crippen LogP contribution in [0.4, 0.5) is 4.39 Å². The van der Waals surface area contributed by atoms with Gasteiger partial charge in [0.1, 0.15) is 17.2 Å². The summed E-state index contributed by atoms with van der Waals surface area (Å²) in [6, 6.07) is 16.4. The lowest BCUT2D eigenvalue weighted by molar-refractivity contribution is 0.0741. The fourth-order valence-electron chi connectivity index (χ4n) is 3.82. The Morgan fingerprint density at radius 2 is 1.72 bits per heavy atom. The third-order valence-corrected chi connectivity index (χ3v) is 8.49. The fourth-order valence-corrected chi connectivity index (χ4v) is 5.13. The number of nitrogens with zero attached hydrogens (tertiary/aromatic N) is 2. The number of imidazole rings is 1. The van der Waals surface area contributed by atoms with Crippen molar-refractivity contribution in [3.63, 3.8) is 0 Å². The normalized spacial score (nSPS) is 12.2. The van der Waals surface area contributed by atoms with Gasteiger partial charge < -0.3 is 9.67 Å². The molecule has 5 nitrogen and oxygen atoms in total. The molecule has 36 heavy (non-hydrogen) atoms. The summed E-state index contributed by atoms with van der Waals surface area (Å²) < 4.78 is 41.7. The smallest absolute Gasteiger partial charge is 0.178 e. The van der Waals surface area contributed by atoms with Crippen LogP contribution < -0.4 is 0 Å². The number of rotatable bonds is 7. The zero-order valence-corrected chi connectivity index (χ0v) is 22.3. The van der Waals surface area contributed by atoms with Gasteiger partial charge in [-0.1, -0.05) is 60.5 Å². The number of aromatic nitrogens is 2. The molecule has 0 spiro atoms. The Hall–Kier alpha value is -2.71. The topological polar surface area (TPSA) is 72.2 Å². The summed E-state index contributed by atoms with van der Waals surface area (Å²) in [5.41, 5.74) is 1.18. The molecule has 0 aliphatic rings. The first-order chi connectivity index (χ1) is 16.9. The summed E-state index contributed by atoms with van der Waals surface area (Å²) in [4.78, 5) is 4.76. The molecule has 0 atom stereocenters. The van der Waals surface area contributed by atoms with Crippen LogP contribution in [0.5, 0.6) is 0 Å². The highest BCUT2D eigenvalue weighted by Gasteiger charge is 2.24. The van der Waals surface area contributed by atoms with Crippen LogP contribution in [0, 0.1) is 5.82 Å². The third kappa shape index (κ3) is 5.34. The molecule has 0 saturated heterocycles. The van der Waals surface area contributed by atoms with Crippen molar-refractivity contribution >= 4 is 33.0 Å². The molecule has 1 heterocycles. The molecule has 0 aliphatic heterocycles. The lowest BCUT2D eigenvalue weighted by Crippen LogP contribution is -2.16. The van der Waals surface area contributed by atoms with Gasteiger partial charge in [0.15, 0.2) is 9.84 Å². The molecular formula is C27H25Cl2FN2O3S. The Kier molecular flexibility index (Phi) is 7.30. The monoisotopic (exact) mass is 546 g/mol. The van der Waals surface area contributed by atoms with Gasteiger partial charge in [-0.2, -0.15) is 0 Å². The Morgan fingerprint density at radius 1 is 1.03 bits per heavy atom. The highest BCUT2D eigenvalue weighted by molar-refractivity contribution is 7.91. The van der Waals surface area contributed by atoms with Gasteiger partial charge in [0, 0.05) is 12.6 Å². The minimum absolute atomic E-state index is 0.0205.